The van der Waals surface area contributed by atoms with Crippen molar-refractivity contribution in [2.75, 3.05) is 26.7 Å². The number of likely N-dealkylation sites (N-methyl/N-ethyl adjacent to an activating group) is 1. The number of rotatable bonds is 7. The van der Waals surface area contributed by atoms with Crippen LogP contribution in [0.4, 0.5) is 13.2 Å². The fraction of sp³-hybridized carbons (Fsp3) is 1.00. The molecule has 1 N–H and O–H groups in total. The van der Waals surface area contributed by atoms with Crippen LogP contribution < -0.4 is 5.32 Å². The maximum Gasteiger partial charge on any atom is 0.522 e. The highest BCUT2D eigenvalue weighted by atomic mass is 19.4. The Bertz CT molecular complexity index is 207. The van der Waals surface area contributed by atoms with Gasteiger partial charge in [0.05, 0.1) is 6.61 Å². The van der Waals surface area contributed by atoms with E-state index in [2.05, 4.69) is 28.9 Å². The van der Waals surface area contributed by atoms with Crippen LogP contribution >= 0.6 is 0 Å². The molecule has 1 aliphatic rings. The molecule has 1 aliphatic carbocycles. The minimum absolute atomic E-state index is 0.225. The molecule has 3 nitrogen and oxygen atoms in total. The first-order valence-electron chi connectivity index (χ1n) is 5.53. The van der Waals surface area contributed by atoms with Gasteiger partial charge in [0.1, 0.15) is 0 Å². The van der Waals surface area contributed by atoms with Gasteiger partial charge in [0.2, 0.25) is 0 Å². The fourth-order valence-electron chi connectivity index (χ4n) is 1.54. The Morgan fingerprint density at radius 2 is 2.06 bits per heavy atom. The number of nitrogens with one attached hydrogen (secondary N) is 1. The highest BCUT2D eigenvalue weighted by molar-refractivity contribution is 4.85. The maximum atomic E-state index is 11.6. The molecule has 0 spiro atoms. The van der Waals surface area contributed by atoms with E-state index < -0.39 is 6.36 Å². The first-order valence-corrected chi connectivity index (χ1v) is 5.53. The lowest BCUT2D eigenvalue weighted by molar-refractivity contribution is -0.323. The van der Waals surface area contributed by atoms with Gasteiger partial charge in [0, 0.05) is 25.2 Å². The molecular weight excluding hydrogens is 221 g/mol. The Labute approximate surface area is 93.9 Å². The molecule has 16 heavy (non-hydrogen) atoms. The van der Waals surface area contributed by atoms with Crippen molar-refractivity contribution in [2.45, 2.75) is 38.2 Å². The van der Waals surface area contributed by atoms with Crippen LogP contribution in [0.25, 0.3) is 0 Å². The third-order valence-corrected chi connectivity index (χ3v) is 2.80. The lowest BCUT2D eigenvalue weighted by Gasteiger charge is -2.24. The Hall–Kier alpha value is -0.330. The molecule has 0 aromatic carbocycles. The van der Waals surface area contributed by atoms with Gasteiger partial charge in [-0.3, -0.25) is 9.64 Å². The van der Waals surface area contributed by atoms with E-state index in [4.69, 9.17) is 0 Å². The Morgan fingerprint density at radius 3 is 2.56 bits per heavy atom. The lowest BCUT2D eigenvalue weighted by Crippen LogP contribution is -2.40. The summed E-state index contributed by atoms with van der Waals surface area (Å²) < 4.78 is 38.5. The van der Waals surface area contributed by atoms with E-state index in [1.165, 1.54) is 12.8 Å². The fourth-order valence-corrected chi connectivity index (χ4v) is 1.54. The number of hydrogen-bond acceptors (Lipinski definition) is 3. The molecule has 1 unspecified atom stereocenters. The van der Waals surface area contributed by atoms with Crippen molar-refractivity contribution < 1.29 is 17.9 Å². The molecule has 1 saturated carbocycles. The van der Waals surface area contributed by atoms with Crippen LogP contribution in [0.5, 0.6) is 0 Å². The molecule has 0 bridgehead atoms. The smallest absolute Gasteiger partial charge is 0.313 e. The van der Waals surface area contributed by atoms with Crippen molar-refractivity contribution in [2.24, 2.45) is 0 Å². The van der Waals surface area contributed by atoms with Gasteiger partial charge in [-0.1, -0.05) is 0 Å². The zero-order valence-corrected chi connectivity index (χ0v) is 9.68. The molecular formula is C10H19F3N2O. The van der Waals surface area contributed by atoms with Gasteiger partial charge in [-0.05, 0) is 26.8 Å². The molecule has 0 radical (unpaired) electrons. The highest BCUT2D eigenvalue weighted by Gasteiger charge is 2.29. The van der Waals surface area contributed by atoms with Crippen LogP contribution in [0.1, 0.15) is 19.8 Å². The summed E-state index contributed by atoms with van der Waals surface area (Å²) in [6.07, 6.45) is -2.05. The number of nitrogens with zero attached hydrogens (tertiary/aromatic N) is 1. The topological polar surface area (TPSA) is 24.5 Å². The maximum absolute atomic E-state index is 11.6. The van der Waals surface area contributed by atoms with Crippen molar-refractivity contribution in [3.63, 3.8) is 0 Å². The van der Waals surface area contributed by atoms with Gasteiger partial charge in [-0.15, -0.1) is 13.2 Å². The summed E-state index contributed by atoms with van der Waals surface area (Å²) in [5.74, 6) is 0. The standard InChI is InChI=1S/C10H19F3N2O/c1-8(15(2)9-3-4-9)7-14-5-6-16-10(11,12)13/h8-9,14H,3-7H2,1-2H3. The zero-order valence-electron chi connectivity index (χ0n) is 9.68. The van der Waals surface area contributed by atoms with Crippen molar-refractivity contribution in [1.29, 1.82) is 0 Å². The largest absolute Gasteiger partial charge is 0.522 e. The van der Waals surface area contributed by atoms with Gasteiger partial charge >= 0.3 is 6.36 Å². The number of alkyl halides is 3. The Balaban J connectivity index is 1.98. The Kier molecular flexibility index (Phi) is 5.01. The summed E-state index contributed by atoms with van der Waals surface area (Å²) >= 11 is 0. The van der Waals surface area contributed by atoms with Gasteiger partial charge in [0.25, 0.3) is 0 Å². The monoisotopic (exact) mass is 240 g/mol. The quantitative estimate of drug-likeness (QED) is 0.684. The van der Waals surface area contributed by atoms with Crippen molar-refractivity contribution in [1.82, 2.24) is 10.2 Å². The van der Waals surface area contributed by atoms with E-state index in [9.17, 15) is 13.2 Å². The van der Waals surface area contributed by atoms with Crippen molar-refractivity contribution in [3.05, 3.63) is 0 Å². The van der Waals surface area contributed by atoms with Gasteiger partial charge in [0.15, 0.2) is 0 Å². The summed E-state index contributed by atoms with van der Waals surface area (Å²) in [7, 11) is 2.05. The first kappa shape index (κ1) is 13.7. The summed E-state index contributed by atoms with van der Waals surface area (Å²) in [4.78, 5) is 2.26. The molecule has 0 aromatic rings. The molecule has 0 aliphatic heterocycles. The highest BCUT2D eigenvalue weighted by Crippen LogP contribution is 2.26. The van der Waals surface area contributed by atoms with Crippen LogP contribution in [-0.2, 0) is 4.74 Å². The van der Waals surface area contributed by atoms with Crippen LogP contribution in [0.3, 0.4) is 0 Å². The second kappa shape index (κ2) is 5.84. The van der Waals surface area contributed by atoms with Crippen LogP contribution in [0, 0.1) is 0 Å². The number of ether oxygens (including phenoxy) is 1. The second-order valence-corrected chi connectivity index (χ2v) is 4.24. The molecule has 0 aromatic heterocycles. The zero-order chi connectivity index (χ0) is 12.2. The third kappa shape index (κ3) is 5.67. The van der Waals surface area contributed by atoms with Crippen molar-refractivity contribution >= 4 is 0 Å². The molecule has 1 atom stereocenters. The van der Waals surface area contributed by atoms with Gasteiger partial charge in [-0.2, -0.15) is 0 Å². The molecule has 1 rings (SSSR count). The summed E-state index contributed by atoms with van der Waals surface area (Å²) in [5.41, 5.74) is 0. The predicted octanol–water partition coefficient (Wildman–Crippen LogP) is 1.60. The van der Waals surface area contributed by atoms with Crippen molar-refractivity contribution in [3.8, 4) is 0 Å². The van der Waals surface area contributed by atoms with E-state index in [0.29, 0.717) is 18.6 Å². The minimum Gasteiger partial charge on any atom is -0.313 e. The normalized spacial score (nSPS) is 19.1. The van der Waals surface area contributed by atoms with Gasteiger partial charge in [-0.25, -0.2) is 0 Å². The summed E-state index contributed by atoms with van der Waals surface area (Å²) in [5, 5.41) is 2.95. The lowest BCUT2D eigenvalue weighted by atomic mass is 10.3. The van der Waals surface area contributed by atoms with E-state index in [-0.39, 0.29) is 13.2 Å². The van der Waals surface area contributed by atoms with E-state index in [0.717, 1.165) is 0 Å². The van der Waals surface area contributed by atoms with Crippen LogP contribution in [-0.4, -0.2) is 50.1 Å². The predicted molar refractivity (Wildman–Crippen MR) is 55.1 cm³/mol. The van der Waals surface area contributed by atoms with E-state index in [1.54, 1.807) is 0 Å². The first-order chi connectivity index (χ1) is 7.40. The molecule has 0 saturated heterocycles. The van der Waals surface area contributed by atoms with Crippen LogP contribution in [0.2, 0.25) is 0 Å². The average molecular weight is 240 g/mol. The number of hydrogen-bond donors (Lipinski definition) is 1. The minimum atomic E-state index is -4.52. The molecule has 96 valence electrons. The Morgan fingerprint density at radius 1 is 1.44 bits per heavy atom. The van der Waals surface area contributed by atoms with E-state index in [1.807, 2.05) is 0 Å². The molecule has 6 heteroatoms. The third-order valence-electron chi connectivity index (χ3n) is 2.80. The van der Waals surface area contributed by atoms with Gasteiger partial charge < -0.3 is 5.32 Å². The molecule has 0 heterocycles. The summed E-state index contributed by atoms with van der Waals surface area (Å²) in [6, 6.07) is 1.02. The second-order valence-electron chi connectivity index (χ2n) is 4.24. The van der Waals surface area contributed by atoms with Crippen LogP contribution in [0.15, 0.2) is 0 Å². The SMILES string of the molecule is CC(CNCCOC(F)(F)F)N(C)C1CC1. The number of halogens is 3. The molecule has 1 fully saturated rings. The van der Waals surface area contributed by atoms with E-state index >= 15 is 0 Å². The molecule has 0 amide bonds. The average Bonchev–Trinajstić information content (AvgIpc) is 2.97. The summed E-state index contributed by atoms with van der Waals surface area (Å²) in [6.45, 7) is 2.65.